The first-order chi connectivity index (χ1) is 12.5. The van der Waals surface area contributed by atoms with E-state index in [4.69, 9.17) is 21.1 Å². The van der Waals surface area contributed by atoms with E-state index in [0.717, 1.165) is 5.56 Å². The van der Waals surface area contributed by atoms with E-state index in [0.29, 0.717) is 22.2 Å². The van der Waals surface area contributed by atoms with Gasteiger partial charge in [0.05, 0.1) is 31.5 Å². The predicted octanol–water partition coefficient (Wildman–Crippen LogP) is 3.13. The van der Waals surface area contributed by atoms with Gasteiger partial charge in [-0.25, -0.2) is 0 Å². The average Bonchev–Trinajstić information content (AvgIpc) is 2.66. The molecule has 2 aromatic carbocycles. The van der Waals surface area contributed by atoms with Crippen molar-refractivity contribution >= 4 is 35.2 Å². The maximum absolute atomic E-state index is 12.1. The van der Waals surface area contributed by atoms with E-state index >= 15 is 0 Å². The molecule has 0 saturated carbocycles. The van der Waals surface area contributed by atoms with Crippen LogP contribution in [-0.2, 0) is 9.59 Å². The normalized spacial score (nSPS) is 10.4. The number of anilines is 1. The van der Waals surface area contributed by atoms with Gasteiger partial charge in [-0.3, -0.25) is 9.59 Å². The molecule has 0 aromatic heterocycles. The third-order valence-corrected chi connectivity index (χ3v) is 3.69. The van der Waals surface area contributed by atoms with E-state index in [2.05, 4.69) is 10.6 Å². The van der Waals surface area contributed by atoms with Gasteiger partial charge in [-0.2, -0.15) is 0 Å². The summed E-state index contributed by atoms with van der Waals surface area (Å²) in [5.41, 5.74) is 1.29. The highest BCUT2D eigenvalue weighted by Crippen LogP contribution is 2.35. The van der Waals surface area contributed by atoms with Crippen molar-refractivity contribution in [1.82, 2.24) is 5.32 Å². The average molecular weight is 375 g/mol. The fourth-order valence-electron chi connectivity index (χ4n) is 2.11. The van der Waals surface area contributed by atoms with Crippen LogP contribution in [0.1, 0.15) is 5.56 Å². The molecule has 0 aliphatic heterocycles. The molecule has 0 saturated heterocycles. The maximum atomic E-state index is 12.1. The van der Waals surface area contributed by atoms with Crippen molar-refractivity contribution in [3.05, 3.63) is 59.1 Å². The minimum absolute atomic E-state index is 0.188. The third kappa shape index (κ3) is 5.53. The molecule has 136 valence electrons. The van der Waals surface area contributed by atoms with E-state index in [1.165, 1.54) is 26.4 Å². The van der Waals surface area contributed by atoms with Crippen molar-refractivity contribution in [3.63, 3.8) is 0 Å². The van der Waals surface area contributed by atoms with E-state index in [9.17, 15) is 9.59 Å². The summed E-state index contributed by atoms with van der Waals surface area (Å²) in [5, 5.41) is 5.53. The quantitative estimate of drug-likeness (QED) is 0.730. The first kappa shape index (κ1) is 19.3. The third-order valence-electron chi connectivity index (χ3n) is 3.40. The van der Waals surface area contributed by atoms with Gasteiger partial charge in [0.25, 0.3) is 0 Å². The van der Waals surface area contributed by atoms with Crippen LogP contribution in [0.2, 0.25) is 5.02 Å². The Morgan fingerprint density at radius 1 is 1.08 bits per heavy atom. The van der Waals surface area contributed by atoms with Gasteiger partial charge < -0.3 is 20.1 Å². The summed E-state index contributed by atoms with van der Waals surface area (Å²) in [7, 11) is 2.93. The Morgan fingerprint density at radius 2 is 1.77 bits per heavy atom. The summed E-state index contributed by atoms with van der Waals surface area (Å²) in [6.07, 6.45) is 3.04. The minimum Gasteiger partial charge on any atom is -0.495 e. The molecular weight excluding hydrogens is 356 g/mol. The molecule has 7 heteroatoms. The number of nitrogens with one attached hydrogen (secondary N) is 2. The van der Waals surface area contributed by atoms with Crippen LogP contribution in [0, 0.1) is 0 Å². The minimum atomic E-state index is -0.408. The van der Waals surface area contributed by atoms with Gasteiger partial charge >= 0.3 is 0 Å². The highest BCUT2D eigenvalue weighted by molar-refractivity contribution is 6.32. The number of hydrogen-bond acceptors (Lipinski definition) is 4. The number of rotatable bonds is 7. The van der Waals surface area contributed by atoms with E-state index in [-0.39, 0.29) is 12.5 Å². The highest BCUT2D eigenvalue weighted by Gasteiger charge is 2.12. The standard InChI is InChI=1S/C19H19ClN2O4/c1-25-16-11-15(17(26-2)10-14(16)20)22-19(24)12-21-18(23)9-8-13-6-4-3-5-7-13/h3-11H,12H2,1-2H3,(H,21,23)(H,22,24)/b9-8+. The van der Waals surface area contributed by atoms with Crippen LogP contribution in [0.5, 0.6) is 11.5 Å². The van der Waals surface area contributed by atoms with Crippen LogP contribution < -0.4 is 20.1 Å². The zero-order valence-electron chi connectivity index (χ0n) is 14.4. The molecule has 0 radical (unpaired) electrons. The molecule has 0 fully saturated rings. The zero-order valence-corrected chi connectivity index (χ0v) is 15.2. The summed E-state index contributed by atoms with van der Waals surface area (Å²) in [6.45, 7) is -0.188. The van der Waals surface area contributed by atoms with Crippen molar-refractivity contribution in [1.29, 1.82) is 0 Å². The van der Waals surface area contributed by atoms with Crippen LogP contribution in [0.3, 0.4) is 0 Å². The van der Waals surface area contributed by atoms with E-state index in [1.807, 2.05) is 30.3 Å². The summed E-state index contributed by atoms with van der Waals surface area (Å²) in [4.78, 5) is 23.9. The lowest BCUT2D eigenvalue weighted by Gasteiger charge is -2.13. The van der Waals surface area contributed by atoms with Gasteiger partial charge in [0.2, 0.25) is 11.8 Å². The SMILES string of the molecule is COc1cc(NC(=O)CNC(=O)/C=C/c2ccccc2)c(OC)cc1Cl. The number of carbonyl (C=O) groups is 2. The molecule has 0 atom stereocenters. The van der Waals surface area contributed by atoms with Crippen molar-refractivity contribution < 1.29 is 19.1 Å². The Morgan fingerprint density at radius 3 is 2.42 bits per heavy atom. The van der Waals surface area contributed by atoms with Gasteiger partial charge in [0, 0.05) is 18.2 Å². The summed E-state index contributed by atoms with van der Waals surface area (Å²) in [5.74, 6) is 0.0100. The van der Waals surface area contributed by atoms with Crippen molar-refractivity contribution in [2.75, 3.05) is 26.1 Å². The number of hydrogen-bond donors (Lipinski definition) is 2. The molecule has 0 aliphatic carbocycles. The number of amides is 2. The van der Waals surface area contributed by atoms with Crippen LogP contribution in [0.25, 0.3) is 6.08 Å². The van der Waals surface area contributed by atoms with Crippen LogP contribution in [0.15, 0.2) is 48.5 Å². The Bertz CT molecular complexity index is 807. The molecule has 0 heterocycles. The van der Waals surface area contributed by atoms with Crippen molar-refractivity contribution in [2.24, 2.45) is 0 Å². The topological polar surface area (TPSA) is 76.7 Å². The molecule has 0 spiro atoms. The zero-order chi connectivity index (χ0) is 18.9. The summed E-state index contributed by atoms with van der Waals surface area (Å²) < 4.78 is 10.3. The lowest BCUT2D eigenvalue weighted by Crippen LogP contribution is -2.31. The molecule has 2 rings (SSSR count). The first-order valence-electron chi connectivity index (χ1n) is 7.76. The molecule has 2 N–H and O–H groups in total. The molecule has 0 unspecified atom stereocenters. The van der Waals surface area contributed by atoms with E-state index < -0.39 is 5.91 Å². The molecule has 2 aromatic rings. The Hall–Kier alpha value is -2.99. The van der Waals surface area contributed by atoms with Crippen LogP contribution in [0.4, 0.5) is 5.69 Å². The second-order valence-electron chi connectivity index (χ2n) is 5.20. The smallest absolute Gasteiger partial charge is 0.244 e. The van der Waals surface area contributed by atoms with Crippen molar-refractivity contribution in [3.8, 4) is 11.5 Å². The van der Waals surface area contributed by atoms with Gasteiger partial charge in [-0.15, -0.1) is 0 Å². The maximum Gasteiger partial charge on any atom is 0.244 e. The fourth-order valence-corrected chi connectivity index (χ4v) is 2.35. The molecule has 6 nitrogen and oxygen atoms in total. The van der Waals surface area contributed by atoms with E-state index in [1.54, 1.807) is 12.1 Å². The second-order valence-corrected chi connectivity index (χ2v) is 5.60. The number of methoxy groups -OCH3 is 2. The fraction of sp³-hybridized carbons (Fsp3) is 0.158. The molecule has 2 amide bonds. The Kier molecular flexibility index (Phi) is 7.05. The number of ether oxygens (including phenoxy) is 2. The van der Waals surface area contributed by atoms with Gasteiger partial charge in [-0.05, 0) is 11.6 Å². The predicted molar refractivity (Wildman–Crippen MR) is 102 cm³/mol. The number of halogens is 1. The lowest BCUT2D eigenvalue weighted by molar-refractivity contribution is -0.121. The Labute approximate surface area is 156 Å². The Balaban J connectivity index is 1.92. The van der Waals surface area contributed by atoms with Gasteiger partial charge in [0.15, 0.2) is 0 Å². The highest BCUT2D eigenvalue weighted by atomic mass is 35.5. The van der Waals surface area contributed by atoms with Gasteiger partial charge in [-0.1, -0.05) is 41.9 Å². The number of carbonyl (C=O) groups excluding carboxylic acids is 2. The summed E-state index contributed by atoms with van der Waals surface area (Å²) >= 11 is 6.02. The van der Waals surface area contributed by atoms with Crippen molar-refractivity contribution in [2.45, 2.75) is 0 Å². The van der Waals surface area contributed by atoms with Gasteiger partial charge in [0.1, 0.15) is 11.5 Å². The largest absolute Gasteiger partial charge is 0.495 e. The molecule has 0 bridgehead atoms. The lowest BCUT2D eigenvalue weighted by atomic mass is 10.2. The first-order valence-corrected chi connectivity index (χ1v) is 8.13. The monoisotopic (exact) mass is 374 g/mol. The summed E-state index contributed by atoms with van der Waals surface area (Å²) in [6, 6.07) is 12.5. The molecular formula is C19H19ClN2O4. The molecule has 0 aliphatic rings. The second kappa shape index (κ2) is 9.48. The van der Waals surface area contributed by atoms with Crippen LogP contribution in [-0.4, -0.2) is 32.6 Å². The molecule has 26 heavy (non-hydrogen) atoms. The van der Waals surface area contributed by atoms with Crippen LogP contribution >= 0.6 is 11.6 Å². The number of benzene rings is 2.